The van der Waals surface area contributed by atoms with Gasteiger partial charge in [-0.2, -0.15) is 0 Å². The fourth-order valence-corrected chi connectivity index (χ4v) is 6.39. The molecule has 0 amide bonds. The molecule has 4 heteroatoms. The molecule has 1 saturated heterocycles. The van der Waals surface area contributed by atoms with E-state index in [1.807, 2.05) is 13.8 Å². The van der Waals surface area contributed by atoms with E-state index in [0.717, 1.165) is 6.42 Å². The van der Waals surface area contributed by atoms with Crippen molar-refractivity contribution >= 4 is 0 Å². The fourth-order valence-electron chi connectivity index (χ4n) is 6.39. The third kappa shape index (κ3) is 16.0. The number of hydrogen-bond acceptors (Lipinski definition) is 4. The molecule has 248 valence electrons. The molecule has 1 aliphatic rings. The molecule has 2 aromatic carbocycles. The summed E-state index contributed by atoms with van der Waals surface area (Å²) in [5, 5.41) is 0. The minimum absolute atomic E-state index is 0.0795. The van der Waals surface area contributed by atoms with Gasteiger partial charge in [0.1, 0.15) is 6.10 Å². The van der Waals surface area contributed by atoms with Crippen molar-refractivity contribution in [2.45, 2.75) is 161 Å². The minimum atomic E-state index is -0.581. The fraction of sp³-hybridized carbons (Fsp3) is 0.700. The van der Waals surface area contributed by atoms with Gasteiger partial charge >= 0.3 is 0 Å². The topological polar surface area (TPSA) is 36.9 Å². The Morgan fingerprint density at radius 2 is 1.14 bits per heavy atom. The molecule has 0 radical (unpaired) electrons. The molecule has 0 unspecified atom stereocenters. The molecule has 1 fully saturated rings. The van der Waals surface area contributed by atoms with Crippen molar-refractivity contribution in [1.82, 2.24) is 0 Å². The molecular weight excluding hydrogens is 544 g/mol. The lowest BCUT2D eigenvalue weighted by molar-refractivity contribution is -0.168. The van der Waals surface area contributed by atoms with Crippen LogP contribution in [0.1, 0.15) is 141 Å². The van der Waals surface area contributed by atoms with Crippen LogP contribution in [-0.2, 0) is 32.2 Å². The van der Waals surface area contributed by atoms with Crippen LogP contribution in [0.5, 0.6) is 0 Å². The van der Waals surface area contributed by atoms with E-state index in [1.54, 1.807) is 0 Å². The number of hydrogen-bond donors (Lipinski definition) is 0. The highest BCUT2D eigenvalue weighted by Crippen LogP contribution is 2.31. The Bertz CT molecular complexity index is 931. The summed E-state index contributed by atoms with van der Waals surface area (Å²) in [6.45, 7) is 8.70. The zero-order valence-corrected chi connectivity index (χ0v) is 28.5. The Morgan fingerprint density at radius 3 is 1.61 bits per heavy atom. The molecule has 0 N–H and O–H groups in total. The third-order valence-corrected chi connectivity index (χ3v) is 9.02. The van der Waals surface area contributed by atoms with Gasteiger partial charge in [-0.25, -0.2) is 0 Å². The first-order valence-corrected chi connectivity index (χ1v) is 18.2. The van der Waals surface area contributed by atoms with E-state index in [4.69, 9.17) is 18.9 Å². The van der Waals surface area contributed by atoms with Crippen LogP contribution in [0.15, 0.2) is 60.7 Å². The van der Waals surface area contributed by atoms with E-state index < -0.39 is 5.79 Å². The minimum Gasteiger partial charge on any atom is -0.376 e. The summed E-state index contributed by atoms with van der Waals surface area (Å²) in [5.41, 5.74) is 2.39. The normalized spacial score (nSPS) is 17.6. The molecule has 0 aliphatic carbocycles. The lowest BCUT2D eigenvalue weighted by Gasteiger charge is -2.32. The average molecular weight is 609 g/mol. The van der Waals surface area contributed by atoms with Crippen LogP contribution in [0.4, 0.5) is 0 Å². The first-order valence-electron chi connectivity index (χ1n) is 18.2. The maximum Gasteiger partial charge on any atom is 0.163 e. The van der Waals surface area contributed by atoms with Gasteiger partial charge in [-0.3, -0.25) is 0 Å². The third-order valence-electron chi connectivity index (χ3n) is 9.02. The van der Waals surface area contributed by atoms with Gasteiger partial charge in [0.25, 0.3) is 0 Å². The second kappa shape index (κ2) is 22.7. The predicted octanol–water partition coefficient (Wildman–Crippen LogP) is 11.2. The standard InChI is InChI=1S/C40H64O4/c1-4-5-6-7-8-9-10-11-12-13-14-15-16-17-18-25-30-37(33-41-31-35-26-21-19-22-27-35)39(38-34-43-40(2,3)44-38)42-32-36-28-23-20-24-29-36/h19-24,26-29,37-39H,4-18,25,30-34H2,1-3H3/t37-,38-,39-/m1/s1. The second-order valence-corrected chi connectivity index (χ2v) is 13.5. The molecular formula is C40H64O4. The van der Waals surface area contributed by atoms with Crippen molar-refractivity contribution in [1.29, 1.82) is 0 Å². The van der Waals surface area contributed by atoms with Crippen LogP contribution in [0, 0.1) is 5.92 Å². The van der Waals surface area contributed by atoms with Gasteiger partial charge in [0.05, 0.1) is 32.5 Å². The van der Waals surface area contributed by atoms with E-state index in [1.165, 1.54) is 114 Å². The van der Waals surface area contributed by atoms with Crippen LogP contribution in [-0.4, -0.2) is 31.2 Å². The van der Waals surface area contributed by atoms with Gasteiger partial charge in [0.2, 0.25) is 0 Å². The summed E-state index contributed by atoms with van der Waals surface area (Å²) >= 11 is 0. The monoisotopic (exact) mass is 608 g/mol. The van der Waals surface area contributed by atoms with Crippen molar-refractivity contribution in [3.8, 4) is 0 Å². The van der Waals surface area contributed by atoms with E-state index >= 15 is 0 Å². The molecule has 1 aliphatic heterocycles. The van der Waals surface area contributed by atoms with Gasteiger partial charge in [-0.15, -0.1) is 0 Å². The highest BCUT2D eigenvalue weighted by Gasteiger charge is 2.41. The molecule has 0 bridgehead atoms. The Kier molecular flexibility index (Phi) is 19.0. The first kappa shape index (κ1) is 36.7. The molecule has 2 aromatic rings. The molecule has 4 nitrogen and oxygen atoms in total. The Labute approximate surface area is 270 Å². The summed E-state index contributed by atoms with van der Waals surface area (Å²) in [7, 11) is 0. The first-order chi connectivity index (χ1) is 21.6. The summed E-state index contributed by atoms with van der Waals surface area (Å²) in [5.74, 6) is -0.334. The van der Waals surface area contributed by atoms with Crippen molar-refractivity contribution in [2.24, 2.45) is 5.92 Å². The molecule has 0 saturated carbocycles. The van der Waals surface area contributed by atoms with Crippen LogP contribution < -0.4 is 0 Å². The van der Waals surface area contributed by atoms with Crippen molar-refractivity contribution in [3.63, 3.8) is 0 Å². The number of rotatable bonds is 26. The van der Waals surface area contributed by atoms with Crippen molar-refractivity contribution in [2.75, 3.05) is 13.2 Å². The lowest BCUT2D eigenvalue weighted by atomic mass is 9.92. The number of unbranched alkanes of at least 4 members (excludes halogenated alkanes) is 15. The van der Waals surface area contributed by atoms with E-state index in [2.05, 4.69) is 67.6 Å². The average Bonchev–Trinajstić information content (AvgIpc) is 3.40. The second-order valence-electron chi connectivity index (χ2n) is 13.5. The molecule has 0 aromatic heterocycles. The Morgan fingerprint density at radius 1 is 0.659 bits per heavy atom. The highest BCUT2D eigenvalue weighted by molar-refractivity contribution is 5.14. The molecule has 0 spiro atoms. The van der Waals surface area contributed by atoms with Crippen LogP contribution >= 0.6 is 0 Å². The molecule has 3 rings (SSSR count). The van der Waals surface area contributed by atoms with Crippen molar-refractivity contribution in [3.05, 3.63) is 71.8 Å². The zero-order chi connectivity index (χ0) is 31.1. The van der Waals surface area contributed by atoms with Gasteiger partial charge in [0.15, 0.2) is 5.79 Å². The Hall–Kier alpha value is -1.72. The summed E-state index contributed by atoms with van der Waals surface area (Å²) in [6.07, 6.45) is 23.1. The van der Waals surface area contributed by atoms with Gasteiger partial charge in [-0.05, 0) is 31.4 Å². The molecule has 3 atom stereocenters. The largest absolute Gasteiger partial charge is 0.376 e. The smallest absolute Gasteiger partial charge is 0.163 e. The van der Waals surface area contributed by atoms with E-state index in [-0.39, 0.29) is 18.1 Å². The zero-order valence-electron chi connectivity index (χ0n) is 28.5. The maximum atomic E-state index is 6.66. The van der Waals surface area contributed by atoms with Gasteiger partial charge < -0.3 is 18.9 Å². The van der Waals surface area contributed by atoms with E-state index in [0.29, 0.717) is 26.4 Å². The number of benzene rings is 2. The lowest BCUT2D eigenvalue weighted by Crippen LogP contribution is -2.40. The van der Waals surface area contributed by atoms with E-state index in [9.17, 15) is 0 Å². The van der Waals surface area contributed by atoms with Gasteiger partial charge in [-0.1, -0.05) is 170 Å². The van der Waals surface area contributed by atoms with Crippen LogP contribution in [0.3, 0.4) is 0 Å². The Balaban J connectivity index is 1.40. The van der Waals surface area contributed by atoms with Crippen molar-refractivity contribution < 1.29 is 18.9 Å². The number of ether oxygens (including phenoxy) is 4. The molecule has 44 heavy (non-hydrogen) atoms. The summed E-state index contributed by atoms with van der Waals surface area (Å²) in [4.78, 5) is 0. The van der Waals surface area contributed by atoms with Crippen LogP contribution in [0.25, 0.3) is 0 Å². The van der Waals surface area contributed by atoms with Gasteiger partial charge in [0, 0.05) is 5.92 Å². The van der Waals surface area contributed by atoms with Crippen LogP contribution in [0.2, 0.25) is 0 Å². The molecule has 1 heterocycles. The summed E-state index contributed by atoms with van der Waals surface area (Å²) in [6, 6.07) is 20.9. The highest BCUT2D eigenvalue weighted by atomic mass is 16.7. The summed E-state index contributed by atoms with van der Waals surface area (Å²) < 4.78 is 25.4. The maximum absolute atomic E-state index is 6.66. The SMILES string of the molecule is CCCCCCCCCCCCCCCCCC[C@H](COCc1ccccc1)[C@@H](OCc1ccccc1)[C@H]1COC(C)(C)O1. The quantitative estimate of drug-likeness (QED) is 0.0996. The predicted molar refractivity (Wildman–Crippen MR) is 184 cm³/mol.